The average molecular weight is 322 g/mol. The molecule has 2 rings (SSSR count). The van der Waals surface area contributed by atoms with E-state index in [1.807, 2.05) is 30.3 Å². The lowest BCUT2D eigenvalue weighted by atomic mass is 10.2. The molecule has 0 bridgehead atoms. The van der Waals surface area contributed by atoms with Gasteiger partial charge in [-0.1, -0.05) is 29.8 Å². The van der Waals surface area contributed by atoms with Crippen molar-refractivity contribution in [2.45, 2.75) is 19.9 Å². The van der Waals surface area contributed by atoms with E-state index in [2.05, 4.69) is 15.2 Å². The Morgan fingerprint density at radius 3 is 2.55 bits per heavy atom. The van der Waals surface area contributed by atoms with Gasteiger partial charge in [-0.2, -0.15) is 5.10 Å². The first kappa shape index (κ1) is 16.0. The second kappa shape index (κ2) is 6.62. The Morgan fingerprint density at radius 1 is 1.32 bits per heavy atom. The molecule has 0 radical (unpaired) electrons. The van der Waals surface area contributed by atoms with Crippen LogP contribution in [-0.4, -0.2) is 34.8 Å². The van der Waals surface area contributed by atoms with Crippen molar-refractivity contribution in [2.75, 3.05) is 7.11 Å². The summed E-state index contributed by atoms with van der Waals surface area (Å²) in [6, 6.07) is 8.46. The van der Waals surface area contributed by atoms with Gasteiger partial charge in [-0.3, -0.25) is 4.79 Å². The predicted molar refractivity (Wildman–Crippen MR) is 82.3 cm³/mol. The zero-order valence-corrected chi connectivity index (χ0v) is 13.2. The van der Waals surface area contributed by atoms with Crippen LogP contribution < -0.4 is 5.32 Å². The summed E-state index contributed by atoms with van der Waals surface area (Å²) < 4.78 is 6.06. The molecule has 1 atom stereocenters. The van der Waals surface area contributed by atoms with Crippen LogP contribution in [0.4, 0.5) is 0 Å². The number of halogens is 1. The minimum absolute atomic E-state index is 0.193. The molecule has 22 heavy (non-hydrogen) atoms. The molecule has 2 aromatic rings. The van der Waals surface area contributed by atoms with Gasteiger partial charge < -0.3 is 10.1 Å². The molecule has 0 saturated carbocycles. The molecule has 1 amide bonds. The predicted octanol–water partition coefficient (Wildman–Crippen LogP) is 2.13. The monoisotopic (exact) mass is 321 g/mol. The highest BCUT2D eigenvalue weighted by molar-refractivity contribution is 6.33. The largest absolute Gasteiger partial charge is 0.467 e. The number of carbonyl (C=O) groups is 2. The van der Waals surface area contributed by atoms with Gasteiger partial charge in [0.25, 0.3) is 5.91 Å². The van der Waals surface area contributed by atoms with E-state index in [1.54, 1.807) is 6.92 Å². The molecule has 0 aliphatic rings. The van der Waals surface area contributed by atoms with Gasteiger partial charge in [0, 0.05) is 0 Å². The van der Waals surface area contributed by atoms with E-state index >= 15 is 0 Å². The zero-order chi connectivity index (χ0) is 16.3. The smallest absolute Gasteiger partial charge is 0.328 e. The molecule has 0 saturated heterocycles. The quantitative estimate of drug-likeness (QED) is 0.875. The molecule has 1 N–H and O–H groups in total. The van der Waals surface area contributed by atoms with Crippen LogP contribution in [0.25, 0.3) is 5.69 Å². The molecule has 7 heteroatoms. The lowest BCUT2D eigenvalue weighted by Gasteiger charge is -2.11. The minimum Gasteiger partial charge on any atom is -0.467 e. The van der Waals surface area contributed by atoms with Gasteiger partial charge in [-0.05, 0) is 26.0 Å². The normalized spacial score (nSPS) is 11.8. The number of methoxy groups -OCH3 is 1. The Hall–Kier alpha value is -2.34. The molecule has 1 aromatic heterocycles. The zero-order valence-electron chi connectivity index (χ0n) is 12.5. The van der Waals surface area contributed by atoms with Crippen molar-refractivity contribution in [3.63, 3.8) is 0 Å². The second-order valence-corrected chi connectivity index (χ2v) is 5.07. The lowest BCUT2D eigenvalue weighted by Crippen LogP contribution is -2.39. The molecular formula is C15H16ClN3O3. The highest BCUT2D eigenvalue weighted by Gasteiger charge is 2.24. The fourth-order valence-corrected chi connectivity index (χ4v) is 2.36. The third kappa shape index (κ3) is 3.12. The Labute approximate surface area is 133 Å². The number of nitrogens with zero attached hydrogens (tertiary/aromatic N) is 2. The van der Waals surface area contributed by atoms with Crippen molar-refractivity contribution < 1.29 is 14.3 Å². The summed E-state index contributed by atoms with van der Waals surface area (Å²) in [6.45, 7) is 3.22. The van der Waals surface area contributed by atoms with Crippen molar-refractivity contribution >= 4 is 23.5 Å². The fraction of sp³-hybridized carbons (Fsp3) is 0.267. The van der Waals surface area contributed by atoms with Crippen LogP contribution >= 0.6 is 11.6 Å². The number of hydrogen-bond donors (Lipinski definition) is 1. The summed E-state index contributed by atoms with van der Waals surface area (Å²) in [5.74, 6) is -1.000. The van der Waals surface area contributed by atoms with E-state index in [0.717, 1.165) is 5.69 Å². The number of carbonyl (C=O) groups excluding carboxylic acids is 2. The first-order valence-corrected chi connectivity index (χ1v) is 7.02. The van der Waals surface area contributed by atoms with Gasteiger partial charge in [0.2, 0.25) is 0 Å². The van der Waals surface area contributed by atoms with Gasteiger partial charge in [0.1, 0.15) is 11.2 Å². The molecule has 1 heterocycles. The fourth-order valence-electron chi connectivity index (χ4n) is 2.00. The second-order valence-electron chi connectivity index (χ2n) is 4.72. The maximum atomic E-state index is 12.3. The Balaban J connectivity index is 2.31. The number of hydrogen-bond acceptors (Lipinski definition) is 4. The van der Waals surface area contributed by atoms with E-state index in [1.165, 1.54) is 18.7 Å². The number of nitrogens with one attached hydrogen (secondary N) is 1. The van der Waals surface area contributed by atoms with Crippen LogP contribution in [0.3, 0.4) is 0 Å². The Bertz CT molecular complexity index is 698. The lowest BCUT2D eigenvalue weighted by molar-refractivity contribution is -0.142. The van der Waals surface area contributed by atoms with Gasteiger partial charge in [-0.15, -0.1) is 0 Å². The van der Waals surface area contributed by atoms with Crippen LogP contribution in [0, 0.1) is 6.92 Å². The van der Waals surface area contributed by atoms with Crippen LogP contribution in [0.15, 0.2) is 30.3 Å². The van der Waals surface area contributed by atoms with Gasteiger partial charge >= 0.3 is 5.97 Å². The molecule has 0 spiro atoms. The first-order chi connectivity index (χ1) is 10.5. The number of amides is 1. The third-order valence-electron chi connectivity index (χ3n) is 3.13. The number of esters is 1. The van der Waals surface area contributed by atoms with Crippen molar-refractivity contribution in [2.24, 2.45) is 0 Å². The van der Waals surface area contributed by atoms with E-state index in [-0.39, 0.29) is 10.7 Å². The third-order valence-corrected chi connectivity index (χ3v) is 3.48. The van der Waals surface area contributed by atoms with Crippen LogP contribution in [0.5, 0.6) is 0 Å². The summed E-state index contributed by atoms with van der Waals surface area (Å²) in [7, 11) is 1.26. The molecular weight excluding hydrogens is 306 g/mol. The summed E-state index contributed by atoms with van der Waals surface area (Å²) in [4.78, 5) is 23.7. The molecule has 116 valence electrons. The van der Waals surface area contributed by atoms with E-state index in [4.69, 9.17) is 11.6 Å². The van der Waals surface area contributed by atoms with Gasteiger partial charge in [0.15, 0.2) is 0 Å². The van der Waals surface area contributed by atoms with E-state index in [0.29, 0.717) is 5.69 Å². The van der Waals surface area contributed by atoms with Crippen LogP contribution in [0.2, 0.25) is 5.15 Å². The highest BCUT2D eigenvalue weighted by atomic mass is 35.5. The maximum absolute atomic E-state index is 12.3. The number of rotatable bonds is 4. The minimum atomic E-state index is -0.770. The van der Waals surface area contributed by atoms with Gasteiger partial charge in [0.05, 0.1) is 24.1 Å². The molecule has 0 aliphatic heterocycles. The Kier molecular flexibility index (Phi) is 4.82. The number of para-hydroxylation sites is 1. The molecule has 1 aromatic carbocycles. The summed E-state index contributed by atoms with van der Waals surface area (Å²) in [6.07, 6.45) is 0. The maximum Gasteiger partial charge on any atom is 0.328 e. The molecule has 0 aliphatic carbocycles. The van der Waals surface area contributed by atoms with Crippen molar-refractivity contribution in [3.05, 3.63) is 46.7 Å². The van der Waals surface area contributed by atoms with Crippen molar-refractivity contribution in [1.29, 1.82) is 0 Å². The van der Waals surface area contributed by atoms with Crippen molar-refractivity contribution in [3.8, 4) is 5.69 Å². The standard InChI is InChI=1S/C15H16ClN3O3/c1-9-12(14(20)17-10(2)15(21)22-3)13(16)19(18-9)11-7-5-4-6-8-11/h4-8,10H,1-3H3,(H,17,20)/t10-/m0/s1. The van der Waals surface area contributed by atoms with E-state index in [9.17, 15) is 9.59 Å². The summed E-state index contributed by atoms with van der Waals surface area (Å²) >= 11 is 6.28. The molecule has 0 fully saturated rings. The molecule has 0 unspecified atom stereocenters. The molecule has 6 nitrogen and oxygen atoms in total. The number of benzene rings is 1. The first-order valence-electron chi connectivity index (χ1n) is 6.65. The average Bonchev–Trinajstić information content (AvgIpc) is 2.82. The van der Waals surface area contributed by atoms with Crippen LogP contribution in [0.1, 0.15) is 23.0 Å². The van der Waals surface area contributed by atoms with E-state index < -0.39 is 17.9 Å². The highest BCUT2D eigenvalue weighted by Crippen LogP contribution is 2.23. The number of ether oxygens (including phenoxy) is 1. The SMILES string of the molecule is COC(=O)[C@H](C)NC(=O)c1c(C)nn(-c2ccccc2)c1Cl. The topological polar surface area (TPSA) is 73.2 Å². The Morgan fingerprint density at radius 2 is 1.95 bits per heavy atom. The summed E-state index contributed by atoms with van der Waals surface area (Å²) in [5, 5.41) is 7.02. The van der Waals surface area contributed by atoms with Crippen molar-refractivity contribution in [1.82, 2.24) is 15.1 Å². The number of aromatic nitrogens is 2. The summed E-state index contributed by atoms with van der Waals surface area (Å²) in [5.41, 5.74) is 1.46. The van der Waals surface area contributed by atoms with Crippen LogP contribution in [-0.2, 0) is 9.53 Å². The van der Waals surface area contributed by atoms with Gasteiger partial charge in [-0.25, -0.2) is 9.48 Å². The number of aryl methyl sites for hydroxylation is 1.